The number of methoxy groups -OCH3 is 1. The Morgan fingerprint density at radius 3 is 2.68 bits per heavy atom. The van der Waals surface area contributed by atoms with Crippen LogP contribution in [0, 0.1) is 15.2 Å². The summed E-state index contributed by atoms with van der Waals surface area (Å²) in [6, 6.07) is 1.43. The molecule has 28 heavy (non-hydrogen) atoms. The van der Waals surface area contributed by atoms with Crippen molar-refractivity contribution in [3.05, 3.63) is 44.8 Å². The van der Waals surface area contributed by atoms with Crippen LogP contribution < -0.4 is 4.72 Å². The molecule has 5 nitrogen and oxygen atoms in total. The quantitative estimate of drug-likeness (QED) is 0.349. The molecule has 1 aromatic heterocycles. The number of nitrogens with one attached hydrogen (secondary N) is 2. The Hall–Kier alpha value is -1.41. The first kappa shape index (κ1) is 17.4. The summed E-state index contributed by atoms with van der Waals surface area (Å²) in [4.78, 5) is 1.96. The highest BCUT2D eigenvalue weighted by Gasteiger charge is 2.57. The minimum absolute atomic E-state index is 0.0205. The van der Waals surface area contributed by atoms with Crippen molar-refractivity contribution < 1.29 is 39.2 Å². The molecule has 3 rings (SSSR count). The highest BCUT2D eigenvalue weighted by Crippen LogP contribution is 2.44. The van der Waals surface area contributed by atoms with Crippen molar-refractivity contribution in [3.63, 3.8) is 0 Å². The molecule has 0 aliphatic heterocycles. The van der Waals surface area contributed by atoms with E-state index < -0.39 is 70.3 Å². The van der Waals surface area contributed by atoms with E-state index in [2.05, 4.69) is 9.72 Å². The molecule has 1 aliphatic carbocycles. The van der Waals surface area contributed by atoms with Gasteiger partial charge in [-0.3, -0.25) is 4.72 Å². The van der Waals surface area contributed by atoms with Gasteiger partial charge in [0.1, 0.15) is 16.5 Å². The van der Waals surface area contributed by atoms with Crippen LogP contribution in [0.1, 0.15) is 21.8 Å². The fourth-order valence-electron chi connectivity index (χ4n) is 3.04. The maximum atomic E-state index is 14.0. The van der Waals surface area contributed by atoms with Crippen LogP contribution >= 0.6 is 22.6 Å². The van der Waals surface area contributed by atoms with Crippen LogP contribution in [0.4, 0.5) is 27.6 Å². The number of sulfonamides is 1. The van der Waals surface area contributed by atoms with Gasteiger partial charge in [0.05, 0.1) is 13.4 Å². The van der Waals surface area contributed by atoms with E-state index in [1.165, 1.54) is 22.6 Å². The summed E-state index contributed by atoms with van der Waals surface area (Å²) in [5, 5.41) is 0. The topological polar surface area (TPSA) is 71.2 Å². The van der Waals surface area contributed by atoms with Gasteiger partial charge in [-0.25, -0.2) is 17.2 Å². The maximum absolute atomic E-state index is 14.0. The zero-order valence-corrected chi connectivity index (χ0v) is 16.7. The highest BCUT2D eigenvalue weighted by molar-refractivity contribution is 14.1. The molecule has 1 heterocycles. The number of alkyl halides is 3. The van der Waals surface area contributed by atoms with Crippen molar-refractivity contribution in [2.75, 3.05) is 11.8 Å². The molecule has 12 heteroatoms. The standard InChI is InChI=1S/C16H14F5IN2O3S/c1-27-15(16(19,20)21)3-2-8-13(6-15)23-7-14(8)28(25,26)24-12-5-9(17)11(22)4-10(12)18/h4-5,7,23-24H,2-3,6H2,1H3/t15-/m1/s1/i1D3. The number of hydrogen-bond acceptors (Lipinski definition) is 3. The van der Waals surface area contributed by atoms with Gasteiger partial charge in [0, 0.05) is 31.4 Å². The van der Waals surface area contributed by atoms with Gasteiger partial charge in [0.25, 0.3) is 10.0 Å². The highest BCUT2D eigenvalue weighted by atomic mass is 127. The molecule has 0 saturated heterocycles. The fraction of sp³-hybridized carbons (Fsp3) is 0.375. The number of hydrogen-bond donors (Lipinski definition) is 2. The van der Waals surface area contributed by atoms with Crippen molar-refractivity contribution in [3.8, 4) is 0 Å². The van der Waals surface area contributed by atoms with Gasteiger partial charge in [0.2, 0.25) is 0 Å². The first-order valence-electron chi connectivity index (χ1n) is 9.18. The van der Waals surface area contributed by atoms with Crippen molar-refractivity contribution in [2.24, 2.45) is 0 Å². The Morgan fingerprint density at radius 1 is 1.32 bits per heavy atom. The smallest absolute Gasteiger partial charge is 0.368 e. The summed E-state index contributed by atoms with van der Waals surface area (Å²) >= 11 is 1.52. The Labute approximate surface area is 175 Å². The van der Waals surface area contributed by atoms with Crippen LogP contribution in [0.2, 0.25) is 0 Å². The first-order valence-corrected chi connectivity index (χ1v) is 10.2. The first-order chi connectivity index (χ1) is 14.0. The van der Waals surface area contributed by atoms with Gasteiger partial charge in [-0.1, -0.05) is 0 Å². The van der Waals surface area contributed by atoms with Gasteiger partial charge >= 0.3 is 6.18 Å². The molecular formula is C16H14F5IN2O3S. The third kappa shape index (κ3) is 3.61. The van der Waals surface area contributed by atoms with Gasteiger partial charge in [-0.05, 0) is 47.1 Å². The van der Waals surface area contributed by atoms with Crippen LogP contribution in [-0.2, 0) is 27.6 Å². The predicted molar refractivity (Wildman–Crippen MR) is 98.5 cm³/mol. The fourth-order valence-corrected chi connectivity index (χ4v) is 4.78. The van der Waals surface area contributed by atoms with Crippen molar-refractivity contribution in [1.82, 2.24) is 4.98 Å². The second-order valence-electron chi connectivity index (χ2n) is 6.23. The molecule has 0 saturated carbocycles. The molecule has 1 aromatic carbocycles. The lowest BCUT2D eigenvalue weighted by Gasteiger charge is -2.37. The zero-order chi connectivity index (χ0) is 23.4. The number of anilines is 1. The van der Waals surface area contributed by atoms with Crippen LogP contribution in [0.5, 0.6) is 0 Å². The van der Waals surface area contributed by atoms with E-state index in [0.717, 1.165) is 12.3 Å². The normalized spacial score (nSPS) is 22.1. The Balaban J connectivity index is 1.96. The lowest BCUT2D eigenvalue weighted by Crippen LogP contribution is -2.51. The SMILES string of the molecule is [2H]C([2H])([2H])O[C@]1(C(F)(F)F)CCc2c(S(=O)(=O)Nc3cc(F)c(I)cc3F)c[nH]c2C1. The lowest BCUT2D eigenvalue weighted by atomic mass is 9.83. The molecule has 1 aliphatic rings. The summed E-state index contributed by atoms with van der Waals surface area (Å²) in [6.45, 7) is 0. The summed E-state index contributed by atoms with van der Waals surface area (Å²) < 4.78 is 122. The van der Waals surface area contributed by atoms with Crippen LogP contribution in [0.15, 0.2) is 23.2 Å². The molecule has 154 valence electrons. The van der Waals surface area contributed by atoms with E-state index in [-0.39, 0.29) is 14.8 Å². The molecule has 0 bridgehead atoms. The third-order valence-corrected chi connectivity index (χ3v) is 6.79. The molecule has 2 aromatic rings. The van der Waals surface area contributed by atoms with E-state index in [0.29, 0.717) is 6.07 Å². The average Bonchev–Trinajstić information content (AvgIpc) is 3.01. The number of halogens is 6. The molecule has 0 radical (unpaired) electrons. The lowest BCUT2D eigenvalue weighted by molar-refractivity contribution is -0.273. The minimum Gasteiger partial charge on any atom is -0.368 e. The van der Waals surface area contributed by atoms with Crippen molar-refractivity contribution >= 4 is 38.3 Å². The van der Waals surface area contributed by atoms with E-state index in [9.17, 15) is 30.4 Å². The second kappa shape index (κ2) is 7.13. The summed E-state index contributed by atoms with van der Waals surface area (Å²) in [5.74, 6) is -1.91. The second-order valence-corrected chi connectivity index (χ2v) is 9.05. The Bertz CT molecular complexity index is 1120. The molecule has 1 atom stereocenters. The number of ether oxygens (including phenoxy) is 1. The maximum Gasteiger partial charge on any atom is 0.417 e. The van der Waals surface area contributed by atoms with E-state index >= 15 is 0 Å². The summed E-state index contributed by atoms with van der Waals surface area (Å²) in [6.07, 6.45) is -6.39. The predicted octanol–water partition coefficient (Wildman–Crippen LogP) is 4.13. The molecule has 0 amide bonds. The summed E-state index contributed by atoms with van der Waals surface area (Å²) in [5.41, 5.74) is -3.90. The Morgan fingerprint density at radius 2 is 2.04 bits per heavy atom. The number of rotatable bonds is 4. The largest absolute Gasteiger partial charge is 0.417 e. The number of aromatic amines is 1. The zero-order valence-electron chi connectivity index (χ0n) is 16.8. The number of H-pyrrole nitrogens is 1. The van der Waals surface area contributed by atoms with Gasteiger partial charge < -0.3 is 9.72 Å². The number of fused-ring (bicyclic) bond motifs is 1. The van der Waals surface area contributed by atoms with Crippen LogP contribution in [0.25, 0.3) is 0 Å². The van der Waals surface area contributed by atoms with Gasteiger partial charge in [-0.15, -0.1) is 0 Å². The molecule has 0 unspecified atom stereocenters. The summed E-state index contributed by atoms with van der Waals surface area (Å²) in [7, 11) is -7.83. The molecule has 2 N–H and O–H groups in total. The van der Waals surface area contributed by atoms with Crippen molar-refractivity contribution in [1.29, 1.82) is 0 Å². The monoisotopic (exact) mass is 539 g/mol. The number of aromatic nitrogens is 1. The van der Waals surface area contributed by atoms with E-state index in [1.54, 1.807) is 0 Å². The van der Waals surface area contributed by atoms with Gasteiger partial charge in [-0.2, -0.15) is 13.2 Å². The van der Waals surface area contributed by atoms with Crippen molar-refractivity contribution in [2.45, 2.75) is 35.9 Å². The molecular weight excluding hydrogens is 522 g/mol. The average molecular weight is 539 g/mol. The molecule has 0 spiro atoms. The van der Waals surface area contributed by atoms with Crippen LogP contribution in [-0.4, -0.2) is 32.2 Å². The van der Waals surface area contributed by atoms with E-state index in [1.807, 2.05) is 4.72 Å². The van der Waals surface area contributed by atoms with Gasteiger partial charge in [0.15, 0.2) is 5.60 Å². The number of benzene rings is 1. The van der Waals surface area contributed by atoms with E-state index in [4.69, 9.17) is 4.11 Å². The minimum atomic E-state index is -5.04. The third-order valence-electron chi connectivity index (χ3n) is 4.54. The Kier molecular flexibility index (Phi) is 4.44. The van der Waals surface area contributed by atoms with Crippen LogP contribution in [0.3, 0.4) is 0 Å². The molecule has 0 fully saturated rings.